The van der Waals surface area contributed by atoms with E-state index in [0.29, 0.717) is 34.9 Å². The first-order valence-corrected chi connectivity index (χ1v) is 9.96. The van der Waals surface area contributed by atoms with Crippen LogP contribution in [0.15, 0.2) is 22.7 Å². The molecule has 8 heteroatoms. The lowest BCUT2D eigenvalue weighted by Crippen LogP contribution is -2.38. The summed E-state index contributed by atoms with van der Waals surface area (Å²) in [6, 6.07) is 4.74. The minimum absolute atomic E-state index is 0.0226. The molecule has 0 saturated heterocycles. The molecule has 7 nitrogen and oxygen atoms in total. The van der Waals surface area contributed by atoms with Gasteiger partial charge in [-0.2, -0.15) is 4.98 Å². The maximum Gasteiger partial charge on any atom is 0.267 e. The molecular formula is C21H26FN5O2. The quantitative estimate of drug-likeness (QED) is 0.686. The largest absolute Gasteiger partial charge is 0.350 e. The Morgan fingerprint density at radius 2 is 2.21 bits per heavy atom. The van der Waals surface area contributed by atoms with Crippen molar-refractivity contribution >= 4 is 16.8 Å². The first kappa shape index (κ1) is 19.6. The first-order chi connectivity index (χ1) is 13.9. The summed E-state index contributed by atoms with van der Waals surface area (Å²) in [5, 5.41) is 7.67. The van der Waals surface area contributed by atoms with Crippen LogP contribution in [0.2, 0.25) is 0 Å². The molecule has 0 bridgehead atoms. The highest BCUT2D eigenvalue weighted by atomic mass is 19.1. The van der Waals surface area contributed by atoms with E-state index in [4.69, 9.17) is 4.52 Å². The molecule has 0 unspecified atom stereocenters. The fourth-order valence-corrected chi connectivity index (χ4v) is 4.03. The number of nitrogens with zero attached hydrogens (tertiary/aromatic N) is 3. The van der Waals surface area contributed by atoms with Gasteiger partial charge in [-0.15, -0.1) is 0 Å². The Hall–Kier alpha value is -2.74. The van der Waals surface area contributed by atoms with Gasteiger partial charge in [0.2, 0.25) is 5.89 Å². The number of aromatic amines is 1. The molecule has 1 aliphatic rings. The second-order valence-corrected chi connectivity index (χ2v) is 8.15. The molecule has 0 radical (unpaired) electrons. The van der Waals surface area contributed by atoms with E-state index in [1.54, 1.807) is 12.1 Å². The number of amides is 1. The van der Waals surface area contributed by atoms with E-state index >= 15 is 0 Å². The van der Waals surface area contributed by atoms with Crippen LogP contribution in [0.1, 0.15) is 59.4 Å². The van der Waals surface area contributed by atoms with Crippen molar-refractivity contribution in [3.8, 4) is 0 Å². The average Bonchev–Trinajstić information content (AvgIpc) is 3.33. The number of aromatic nitrogens is 3. The third-order valence-electron chi connectivity index (χ3n) is 5.50. The molecule has 1 aromatic carbocycles. The van der Waals surface area contributed by atoms with Gasteiger partial charge in [0.1, 0.15) is 11.5 Å². The van der Waals surface area contributed by atoms with Crippen LogP contribution in [-0.2, 0) is 6.54 Å². The molecule has 2 heterocycles. The number of fused-ring (bicyclic) bond motifs is 1. The van der Waals surface area contributed by atoms with Crippen LogP contribution in [0.3, 0.4) is 0 Å². The second kappa shape index (κ2) is 7.94. The SMILES string of the molecule is Cc1ccc(F)c2cc(C(=O)N[C@H]3CCC[C@@H](c4noc(CN(C)C)n4)C3)[nH]c12. The van der Waals surface area contributed by atoms with Gasteiger partial charge in [0.05, 0.1) is 12.1 Å². The van der Waals surface area contributed by atoms with Crippen LogP contribution >= 0.6 is 0 Å². The van der Waals surface area contributed by atoms with Gasteiger partial charge >= 0.3 is 0 Å². The predicted molar refractivity (Wildman–Crippen MR) is 107 cm³/mol. The average molecular weight is 399 g/mol. The van der Waals surface area contributed by atoms with Crippen molar-refractivity contribution in [2.24, 2.45) is 0 Å². The van der Waals surface area contributed by atoms with Gasteiger partial charge in [0.25, 0.3) is 5.91 Å². The van der Waals surface area contributed by atoms with Gasteiger partial charge in [0.15, 0.2) is 5.82 Å². The lowest BCUT2D eigenvalue weighted by Gasteiger charge is -2.27. The van der Waals surface area contributed by atoms with E-state index in [1.807, 2.05) is 25.9 Å². The summed E-state index contributed by atoms with van der Waals surface area (Å²) in [7, 11) is 3.90. The van der Waals surface area contributed by atoms with Crippen molar-refractivity contribution in [1.29, 1.82) is 0 Å². The van der Waals surface area contributed by atoms with Gasteiger partial charge in [-0.25, -0.2) is 4.39 Å². The van der Waals surface area contributed by atoms with Crippen molar-refractivity contribution in [3.63, 3.8) is 0 Å². The Bertz CT molecular complexity index is 986. The number of carbonyl (C=O) groups excluding carboxylic acids is 1. The molecule has 2 aromatic heterocycles. The molecule has 4 rings (SSSR count). The van der Waals surface area contributed by atoms with E-state index in [1.165, 1.54) is 6.07 Å². The summed E-state index contributed by atoms with van der Waals surface area (Å²) < 4.78 is 19.4. The summed E-state index contributed by atoms with van der Waals surface area (Å²) in [6.45, 7) is 2.50. The number of H-pyrrole nitrogens is 1. The molecule has 1 saturated carbocycles. The van der Waals surface area contributed by atoms with Crippen molar-refractivity contribution in [2.45, 2.75) is 51.1 Å². The number of rotatable bonds is 5. The van der Waals surface area contributed by atoms with Gasteiger partial charge in [-0.1, -0.05) is 17.6 Å². The zero-order valence-corrected chi connectivity index (χ0v) is 17.0. The third-order valence-corrected chi connectivity index (χ3v) is 5.50. The number of carbonyl (C=O) groups is 1. The van der Waals surface area contributed by atoms with E-state index < -0.39 is 0 Å². The highest BCUT2D eigenvalue weighted by Gasteiger charge is 2.28. The fraction of sp³-hybridized carbons (Fsp3) is 0.476. The first-order valence-electron chi connectivity index (χ1n) is 9.96. The number of benzene rings is 1. The van der Waals surface area contributed by atoms with Crippen LogP contribution in [0.5, 0.6) is 0 Å². The van der Waals surface area contributed by atoms with Crippen LogP contribution < -0.4 is 5.32 Å². The lowest BCUT2D eigenvalue weighted by molar-refractivity contribution is 0.0920. The zero-order chi connectivity index (χ0) is 20.5. The molecular weight excluding hydrogens is 373 g/mol. The minimum Gasteiger partial charge on any atom is -0.350 e. The molecule has 1 amide bonds. The topological polar surface area (TPSA) is 87.1 Å². The number of hydrogen-bond donors (Lipinski definition) is 2. The van der Waals surface area contributed by atoms with Crippen LogP contribution in [0.25, 0.3) is 10.9 Å². The van der Waals surface area contributed by atoms with E-state index in [0.717, 1.165) is 31.2 Å². The molecule has 0 spiro atoms. The Kier molecular flexibility index (Phi) is 5.36. The Labute approximate surface area is 168 Å². The van der Waals surface area contributed by atoms with Crippen LogP contribution in [-0.4, -0.2) is 46.1 Å². The molecule has 3 aromatic rings. The Morgan fingerprint density at radius 3 is 2.97 bits per heavy atom. The predicted octanol–water partition coefficient (Wildman–Crippen LogP) is 3.52. The smallest absolute Gasteiger partial charge is 0.267 e. The highest BCUT2D eigenvalue weighted by molar-refractivity contribution is 5.99. The maximum absolute atomic E-state index is 14.0. The zero-order valence-electron chi connectivity index (χ0n) is 17.0. The summed E-state index contributed by atoms with van der Waals surface area (Å²) in [5.41, 5.74) is 1.95. The molecule has 2 atom stereocenters. The molecule has 2 N–H and O–H groups in total. The third kappa shape index (κ3) is 4.17. The van der Waals surface area contributed by atoms with E-state index in [-0.39, 0.29) is 23.7 Å². The summed E-state index contributed by atoms with van der Waals surface area (Å²) >= 11 is 0. The van der Waals surface area contributed by atoms with Crippen molar-refractivity contribution in [1.82, 2.24) is 25.3 Å². The minimum atomic E-state index is -0.329. The van der Waals surface area contributed by atoms with Crippen molar-refractivity contribution < 1.29 is 13.7 Å². The van der Waals surface area contributed by atoms with Crippen LogP contribution in [0, 0.1) is 12.7 Å². The van der Waals surface area contributed by atoms with Gasteiger partial charge in [-0.3, -0.25) is 4.79 Å². The Balaban J connectivity index is 1.44. The highest BCUT2D eigenvalue weighted by Crippen LogP contribution is 2.31. The molecule has 154 valence electrons. The summed E-state index contributed by atoms with van der Waals surface area (Å²) in [4.78, 5) is 22.3. The molecule has 1 fully saturated rings. The van der Waals surface area contributed by atoms with E-state index in [2.05, 4.69) is 20.4 Å². The molecule has 1 aliphatic carbocycles. The lowest BCUT2D eigenvalue weighted by atomic mass is 9.85. The number of aryl methyl sites for hydroxylation is 1. The second-order valence-electron chi connectivity index (χ2n) is 8.15. The van der Waals surface area contributed by atoms with Crippen molar-refractivity contribution in [3.05, 3.63) is 47.0 Å². The standard InChI is InChI=1S/C21H26FN5O2/c1-12-7-8-16(22)15-10-17(24-19(12)15)21(28)23-14-6-4-5-13(9-14)20-25-18(29-26-20)11-27(2)3/h7-8,10,13-14,24H,4-6,9,11H2,1-3H3,(H,23,28)/t13-,14+/m1/s1. The monoisotopic (exact) mass is 399 g/mol. The molecule has 0 aliphatic heterocycles. The van der Waals surface area contributed by atoms with Crippen molar-refractivity contribution in [2.75, 3.05) is 14.1 Å². The number of halogens is 1. The Morgan fingerprint density at radius 1 is 1.38 bits per heavy atom. The van der Waals surface area contributed by atoms with Gasteiger partial charge < -0.3 is 19.7 Å². The summed E-state index contributed by atoms with van der Waals surface area (Å²) in [5.74, 6) is 0.933. The van der Waals surface area contributed by atoms with Gasteiger partial charge in [-0.05, 0) is 58.0 Å². The maximum atomic E-state index is 14.0. The molecule has 29 heavy (non-hydrogen) atoms. The van der Waals surface area contributed by atoms with E-state index in [9.17, 15) is 9.18 Å². The van der Waals surface area contributed by atoms with Gasteiger partial charge in [0, 0.05) is 17.3 Å². The normalized spacial score (nSPS) is 19.8. The summed E-state index contributed by atoms with van der Waals surface area (Å²) in [6.07, 6.45) is 3.62. The number of hydrogen-bond acceptors (Lipinski definition) is 5. The number of nitrogens with one attached hydrogen (secondary N) is 2. The van der Waals surface area contributed by atoms with Crippen LogP contribution in [0.4, 0.5) is 4.39 Å². The fourth-order valence-electron chi connectivity index (χ4n) is 4.03.